The van der Waals surface area contributed by atoms with Crippen molar-refractivity contribution in [1.29, 1.82) is 0 Å². The number of methoxy groups -OCH3 is 1. The van der Waals surface area contributed by atoms with Gasteiger partial charge in [0.2, 0.25) is 0 Å². The second-order valence-electron chi connectivity index (χ2n) is 5.24. The molecule has 0 aromatic heterocycles. The fraction of sp³-hybridized carbons (Fsp3) is 0.176. The number of anilines is 1. The number of nitrogens with one attached hydrogen (secondary N) is 1. The van der Waals surface area contributed by atoms with Crippen molar-refractivity contribution in [1.82, 2.24) is 0 Å². The predicted molar refractivity (Wildman–Crippen MR) is 96.5 cm³/mol. The zero-order chi connectivity index (χ0) is 19.3. The molecule has 0 spiro atoms. The van der Waals surface area contributed by atoms with Crippen molar-refractivity contribution < 1.29 is 27.5 Å². The molecule has 0 aliphatic carbocycles. The molecule has 0 radical (unpaired) electrons. The maximum absolute atomic E-state index is 12.1. The molecule has 0 aliphatic heterocycles. The summed E-state index contributed by atoms with van der Waals surface area (Å²) < 4.78 is 33.5. The molecule has 1 N–H and O–H groups in total. The van der Waals surface area contributed by atoms with Crippen LogP contribution in [0.15, 0.2) is 47.4 Å². The highest BCUT2D eigenvalue weighted by molar-refractivity contribution is 7.90. The smallest absolute Gasteiger partial charge is 0.339 e. The van der Waals surface area contributed by atoms with Gasteiger partial charge in [0.25, 0.3) is 5.91 Å². The molecule has 138 valence electrons. The number of benzene rings is 2. The first-order valence-corrected chi connectivity index (χ1v) is 9.59. The number of rotatable bonds is 6. The highest BCUT2D eigenvalue weighted by atomic mass is 35.5. The summed E-state index contributed by atoms with van der Waals surface area (Å²) in [6.45, 7) is -0.605. The predicted octanol–water partition coefficient (Wildman–Crippen LogP) is 2.55. The van der Waals surface area contributed by atoms with Crippen molar-refractivity contribution in [3.8, 4) is 5.75 Å². The van der Waals surface area contributed by atoms with Gasteiger partial charge in [0.1, 0.15) is 5.75 Å². The highest BCUT2D eigenvalue weighted by Gasteiger charge is 2.20. The summed E-state index contributed by atoms with van der Waals surface area (Å²) in [6, 6.07) is 10.3. The maximum Gasteiger partial charge on any atom is 0.339 e. The zero-order valence-corrected chi connectivity index (χ0v) is 15.6. The van der Waals surface area contributed by atoms with E-state index < -0.39 is 28.3 Å². The Morgan fingerprint density at radius 2 is 1.85 bits per heavy atom. The molecular weight excluding hydrogens is 382 g/mol. The number of ether oxygens (including phenoxy) is 2. The largest absolute Gasteiger partial charge is 0.495 e. The third-order valence-corrected chi connectivity index (χ3v) is 4.67. The first-order chi connectivity index (χ1) is 12.2. The standard InChI is InChI=1S/C17H16ClNO6S/c1-24-14-8-7-11(18)9-13(14)19-16(20)10-25-17(21)12-5-3-4-6-15(12)26(2,22)23/h3-9H,10H2,1-2H3,(H,19,20). The Hall–Kier alpha value is -2.58. The number of amides is 1. The van der Waals surface area contributed by atoms with E-state index in [0.29, 0.717) is 16.5 Å². The van der Waals surface area contributed by atoms with E-state index in [1.165, 1.54) is 37.4 Å². The van der Waals surface area contributed by atoms with E-state index in [1.807, 2.05) is 0 Å². The Balaban J connectivity index is 2.07. The highest BCUT2D eigenvalue weighted by Crippen LogP contribution is 2.27. The summed E-state index contributed by atoms with van der Waals surface area (Å²) >= 11 is 5.88. The van der Waals surface area contributed by atoms with Gasteiger partial charge in [-0.15, -0.1) is 0 Å². The van der Waals surface area contributed by atoms with Crippen LogP contribution in [0.5, 0.6) is 5.75 Å². The lowest BCUT2D eigenvalue weighted by molar-refractivity contribution is -0.119. The summed E-state index contributed by atoms with van der Waals surface area (Å²) in [7, 11) is -2.18. The topological polar surface area (TPSA) is 98.8 Å². The molecule has 2 rings (SSSR count). The summed E-state index contributed by atoms with van der Waals surface area (Å²) in [5.41, 5.74) is 0.181. The van der Waals surface area contributed by atoms with Crippen molar-refractivity contribution in [2.24, 2.45) is 0 Å². The number of esters is 1. The zero-order valence-electron chi connectivity index (χ0n) is 14.0. The number of carbonyl (C=O) groups is 2. The van der Waals surface area contributed by atoms with E-state index in [2.05, 4.69) is 5.32 Å². The average molecular weight is 398 g/mol. The van der Waals surface area contributed by atoms with Crippen LogP contribution in [-0.2, 0) is 19.4 Å². The molecule has 0 saturated heterocycles. The Labute approximate surface area is 155 Å². The van der Waals surface area contributed by atoms with Crippen molar-refractivity contribution in [2.75, 3.05) is 25.3 Å². The Morgan fingerprint density at radius 3 is 2.50 bits per heavy atom. The van der Waals surface area contributed by atoms with Gasteiger partial charge in [-0.2, -0.15) is 0 Å². The number of halogens is 1. The first kappa shape index (κ1) is 19.7. The summed E-state index contributed by atoms with van der Waals surface area (Å²) in [5, 5.41) is 2.90. The summed E-state index contributed by atoms with van der Waals surface area (Å²) in [6.07, 6.45) is 0.983. The van der Waals surface area contributed by atoms with Gasteiger partial charge in [0.05, 0.1) is 23.3 Å². The van der Waals surface area contributed by atoms with Crippen LogP contribution in [0.3, 0.4) is 0 Å². The minimum Gasteiger partial charge on any atom is -0.495 e. The van der Waals surface area contributed by atoms with Gasteiger partial charge in [0.15, 0.2) is 16.4 Å². The van der Waals surface area contributed by atoms with Crippen molar-refractivity contribution >= 4 is 39.0 Å². The first-order valence-electron chi connectivity index (χ1n) is 7.32. The van der Waals surface area contributed by atoms with E-state index in [-0.39, 0.29) is 10.5 Å². The number of hydrogen-bond acceptors (Lipinski definition) is 6. The average Bonchev–Trinajstić information content (AvgIpc) is 2.59. The van der Waals surface area contributed by atoms with Gasteiger partial charge in [-0.05, 0) is 30.3 Å². The van der Waals surface area contributed by atoms with Gasteiger partial charge < -0.3 is 14.8 Å². The van der Waals surface area contributed by atoms with E-state index in [0.717, 1.165) is 6.26 Å². The van der Waals surface area contributed by atoms with Crippen molar-refractivity contribution in [2.45, 2.75) is 4.90 Å². The van der Waals surface area contributed by atoms with Crippen LogP contribution in [0.1, 0.15) is 10.4 Å². The Kier molecular flexibility index (Phi) is 6.23. The summed E-state index contributed by atoms with van der Waals surface area (Å²) in [4.78, 5) is 24.0. The van der Waals surface area contributed by atoms with E-state index in [4.69, 9.17) is 21.1 Å². The number of sulfone groups is 1. The van der Waals surface area contributed by atoms with Crippen LogP contribution in [0, 0.1) is 0 Å². The molecule has 0 aliphatic rings. The molecule has 0 fully saturated rings. The van der Waals surface area contributed by atoms with Gasteiger partial charge in [-0.25, -0.2) is 13.2 Å². The van der Waals surface area contributed by atoms with Gasteiger partial charge in [0, 0.05) is 11.3 Å². The molecule has 0 bridgehead atoms. The minimum atomic E-state index is -3.61. The van der Waals surface area contributed by atoms with Gasteiger partial charge >= 0.3 is 5.97 Å². The molecule has 0 saturated carbocycles. The minimum absolute atomic E-state index is 0.136. The van der Waals surface area contributed by atoms with E-state index in [9.17, 15) is 18.0 Å². The quantitative estimate of drug-likeness (QED) is 0.752. The second kappa shape index (κ2) is 8.20. The monoisotopic (exact) mass is 397 g/mol. The molecule has 0 unspecified atom stereocenters. The molecule has 7 nitrogen and oxygen atoms in total. The fourth-order valence-corrected chi connectivity index (χ4v) is 3.18. The van der Waals surface area contributed by atoms with Crippen LogP contribution < -0.4 is 10.1 Å². The Morgan fingerprint density at radius 1 is 1.15 bits per heavy atom. The molecule has 2 aromatic carbocycles. The third kappa shape index (κ3) is 4.96. The third-order valence-electron chi connectivity index (χ3n) is 3.28. The maximum atomic E-state index is 12.1. The SMILES string of the molecule is COc1ccc(Cl)cc1NC(=O)COC(=O)c1ccccc1S(C)(=O)=O. The van der Waals surface area contributed by atoms with E-state index >= 15 is 0 Å². The second-order valence-corrected chi connectivity index (χ2v) is 7.66. The summed E-state index contributed by atoms with van der Waals surface area (Å²) in [5.74, 6) is -1.16. The van der Waals surface area contributed by atoms with Crippen molar-refractivity contribution in [3.05, 3.63) is 53.1 Å². The fourth-order valence-electron chi connectivity index (χ4n) is 2.13. The molecule has 0 heterocycles. The lowest BCUT2D eigenvalue weighted by atomic mass is 10.2. The number of carbonyl (C=O) groups excluding carboxylic acids is 2. The van der Waals surface area contributed by atoms with Crippen LogP contribution >= 0.6 is 11.6 Å². The molecule has 26 heavy (non-hydrogen) atoms. The van der Waals surface area contributed by atoms with Crippen LogP contribution in [-0.4, -0.2) is 40.3 Å². The van der Waals surface area contributed by atoms with Crippen LogP contribution in [0.4, 0.5) is 5.69 Å². The molecule has 1 amide bonds. The van der Waals surface area contributed by atoms with E-state index in [1.54, 1.807) is 12.1 Å². The number of hydrogen-bond donors (Lipinski definition) is 1. The lowest BCUT2D eigenvalue weighted by Gasteiger charge is -2.11. The molecule has 9 heteroatoms. The lowest BCUT2D eigenvalue weighted by Crippen LogP contribution is -2.22. The molecule has 0 atom stereocenters. The van der Waals surface area contributed by atoms with Crippen LogP contribution in [0.2, 0.25) is 5.02 Å². The Bertz CT molecular complexity index is 942. The molecule has 2 aromatic rings. The van der Waals surface area contributed by atoms with Gasteiger partial charge in [-0.3, -0.25) is 4.79 Å². The normalized spacial score (nSPS) is 10.9. The van der Waals surface area contributed by atoms with Crippen molar-refractivity contribution in [3.63, 3.8) is 0 Å². The van der Waals surface area contributed by atoms with Gasteiger partial charge in [-0.1, -0.05) is 23.7 Å². The molecular formula is C17H16ClNO6S. The van der Waals surface area contributed by atoms with Crippen LogP contribution in [0.25, 0.3) is 0 Å².